The number of guanidine groups is 1. The monoisotopic (exact) mass is 479 g/mol. The summed E-state index contributed by atoms with van der Waals surface area (Å²) in [6.45, 7) is 9.44. The predicted octanol–water partition coefficient (Wildman–Crippen LogP) is 2.29. The molecule has 0 radical (unpaired) electrons. The second-order valence-electron chi connectivity index (χ2n) is 7.30. The summed E-state index contributed by atoms with van der Waals surface area (Å²) in [5.74, 6) is 1.73. The van der Waals surface area contributed by atoms with Crippen molar-refractivity contribution in [3.8, 4) is 0 Å². The number of halogens is 1. The molecular formula is C19H38IN5O. The van der Waals surface area contributed by atoms with Gasteiger partial charge in [-0.2, -0.15) is 0 Å². The predicted molar refractivity (Wildman–Crippen MR) is 119 cm³/mol. The molecule has 2 aliphatic rings. The highest BCUT2D eigenvalue weighted by Crippen LogP contribution is 2.20. The highest BCUT2D eigenvalue weighted by Gasteiger charge is 2.23. The number of aliphatic imine (C=N–C) groups is 1. The summed E-state index contributed by atoms with van der Waals surface area (Å²) >= 11 is 0. The molecule has 2 fully saturated rings. The number of nitrogens with one attached hydrogen (secondary N) is 2. The molecule has 26 heavy (non-hydrogen) atoms. The summed E-state index contributed by atoms with van der Waals surface area (Å²) in [4.78, 5) is 21.4. The van der Waals surface area contributed by atoms with E-state index in [1.165, 1.54) is 38.8 Å². The average Bonchev–Trinajstić information content (AvgIpc) is 2.90. The molecule has 0 saturated carbocycles. The maximum Gasteiger partial charge on any atom is 0.220 e. The zero-order valence-electron chi connectivity index (χ0n) is 16.6. The highest BCUT2D eigenvalue weighted by molar-refractivity contribution is 14.0. The van der Waals surface area contributed by atoms with Gasteiger partial charge in [-0.3, -0.25) is 9.79 Å². The number of carbonyl (C=O) groups is 1. The van der Waals surface area contributed by atoms with E-state index in [0.29, 0.717) is 12.3 Å². The van der Waals surface area contributed by atoms with Crippen LogP contribution >= 0.6 is 24.0 Å². The summed E-state index contributed by atoms with van der Waals surface area (Å²) in [6.07, 6.45) is 8.24. The van der Waals surface area contributed by atoms with E-state index in [1.807, 2.05) is 0 Å². The van der Waals surface area contributed by atoms with Crippen molar-refractivity contribution >= 4 is 35.8 Å². The van der Waals surface area contributed by atoms with Gasteiger partial charge in [0.2, 0.25) is 5.91 Å². The molecular weight excluding hydrogens is 441 g/mol. The smallest absolute Gasteiger partial charge is 0.220 e. The average molecular weight is 479 g/mol. The second kappa shape index (κ2) is 13.6. The van der Waals surface area contributed by atoms with E-state index >= 15 is 0 Å². The number of hydrogen-bond acceptors (Lipinski definition) is 3. The van der Waals surface area contributed by atoms with Crippen LogP contribution < -0.4 is 10.6 Å². The molecule has 0 aromatic carbocycles. The lowest BCUT2D eigenvalue weighted by molar-refractivity contribution is -0.121. The van der Waals surface area contributed by atoms with Crippen LogP contribution in [0.4, 0.5) is 0 Å². The van der Waals surface area contributed by atoms with Gasteiger partial charge in [0.25, 0.3) is 0 Å². The Morgan fingerprint density at radius 1 is 1.08 bits per heavy atom. The lowest BCUT2D eigenvalue weighted by Gasteiger charge is -2.34. The van der Waals surface area contributed by atoms with Gasteiger partial charge in [0.15, 0.2) is 5.96 Å². The summed E-state index contributed by atoms with van der Waals surface area (Å²) in [7, 11) is 1.72. The van der Waals surface area contributed by atoms with Gasteiger partial charge in [-0.1, -0.05) is 12.8 Å². The van der Waals surface area contributed by atoms with Crippen LogP contribution in [0.3, 0.4) is 0 Å². The van der Waals surface area contributed by atoms with E-state index in [0.717, 1.165) is 51.5 Å². The van der Waals surface area contributed by atoms with E-state index in [4.69, 9.17) is 4.99 Å². The molecule has 0 bridgehead atoms. The molecule has 0 spiro atoms. The third-order valence-electron chi connectivity index (χ3n) is 5.38. The molecule has 2 rings (SSSR count). The molecule has 0 aliphatic carbocycles. The fourth-order valence-corrected chi connectivity index (χ4v) is 3.80. The Kier molecular flexibility index (Phi) is 12.3. The summed E-state index contributed by atoms with van der Waals surface area (Å²) in [5.41, 5.74) is 0. The minimum atomic E-state index is 0. The van der Waals surface area contributed by atoms with Crippen LogP contribution in [0.1, 0.15) is 51.9 Å². The molecule has 0 aromatic heterocycles. The van der Waals surface area contributed by atoms with Crippen molar-refractivity contribution in [1.29, 1.82) is 0 Å². The molecule has 1 amide bonds. The lowest BCUT2D eigenvalue weighted by atomic mass is 9.93. The topological polar surface area (TPSA) is 60.0 Å². The van der Waals surface area contributed by atoms with Crippen LogP contribution in [-0.4, -0.2) is 74.5 Å². The molecule has 2 N–H and O–H groups in total. The third kappa shape index (κ3) is 8.41. The fraction of sp³-hybridized carbons (Fsp3) is 0.895. The Hall–Kier alpha value is -0.570. The van der Waals surface area contributed by atoms with Crippen LogP contribution in [0.5, 0.6) is 0 Å². The zero-order chi connectivity index (χ0) is 17.9. The number of carbonyl (C=O) groups excluding carboxylic acids is 1. The number of nitrogens with zero attached hydrogens (tertiary/aromatic N) is 3. The molecule has 0 unspecified atom stereocenters. The van der Waals surface area contributed by atoms with Crippen molar-refractivity contribution in [3.05, 3.63) is 0 Å². The van der Waals surface area contributed by atoms with Gasteiger partial charge in [-0.25, -0.2) is 0 Å². The molecule has 2 aliphatic heterocycles. The van der Waals surface area contributed by atoms with Gasteiger partial charge < -0.3 is 20.4 Å². The number of likely N-dealkylation sites (tertiary alicyclic amines) is 2. The van der Waals surface area contributed by atoms with Crippen molar-refractivity contribution in [2.45, 2.75) is 51.9 Å². The first-order chi connectivity index (χ1) is 12.2. The van der Waals surface area contributed by atoms with Crippen LogP contribution in [-0.2, 0) is 4.79 Å². The van der Waals surface area contributed by atoms with Gasteiger partial charge >= 0.3 is 0 Å². The van der Waals surface area contributed by atoms with E-state index in [2.05, 4.69) is 27.4 Å². The minimum Gasteiger partial charge on any atom is -0.359 e. The van der Waals surface area contributed by atoms with E-state index in [9.17, 15) is 4.79 Å². The van der Waals surface area contributed by atoms with E-state index in [1.54, 1.807) is 7.05 Å². The minimum absolute atomic E-state index is 0. The Labute approximate surface area is 176 Å². The van der Waals surface area contributed by atoms with Crippen molar-refractivity contribution in [2.24, 2.45) is 10.9 Å². The SMILES string of the molecule is CCNC(=NCCN1CCCCCC1)N1CCC(CC(=O)NC)CC1.I. The highest BCUT2D eigenvalue weighted by atomic mass is 127. The number of piperidine rings is 1. The Balaban J connectivity index is 0.00000338. The van der Waals surface area contributed by atoms with E-state index < -0.39 is 0 Å². The molecule has 2 heterocycles. The molecule has 0 atom stereocenters. The first kappa shape index (κ1) is 23.5. The van der Waals surface area contributed by atoms with Gasteiger partial charge in [0, 0.05) is 39.6 Å². The normalized spacial score (nSPS) is 20.2. The van der Waals surface area contributed by atoms with Crippen molar-refractivity contribution in [1.82, 2.24) is 20.4 Å². The Morgan fingerprint density at radius 3 is 2.31 bits per heavy atom. The molecule has 0 aromatic rings. The van der Waals surface area contributed by atoms with Crippen molar-refractivity contribution < 1.29 is 4.79 Å². The first-order valence-corrected chi connectivity index (χ1v) is 10.2. The van der Waals surface area contributed by atoms with Crippen molar-refractivity contribution in [2.75, 3.05) is 52.9 Å². The summed E-state index contributed by atoms with van der Waals surface area (Å²) < 4.78 is 0. The number of rotatable bonds is 6. The Bertz CT molecular complexity index is 416. The largest absolute Gasteiger partial charge is 0.359 e. The standard InChI is InChI=1S/C19H37N5O.HI/c1-3-21-19(22-10-15-23-11-6-4-5-7-12-23)24-13-8-17(9-14-24)16-18(25)20-2;/h17H,3-16H2,1-2H3,(H,20,25)(H,21,22);1H. The van der Waals surface area contributed by atoms with Gasteiger partial charge in [0.05, 0.1) is 6.54 Å². The molecule has 6 nitrogen and oxygen atoms in total. The Morgan fingerprint density at radius 2 is 1.73 bits per heavy atom. The van der Waals surface area contributed by atoms with Crippen LogP contribution in [0, 0.1) is 5.92 Å². The second-order valence-corrected chi connectivity index (χ2v) is 7.30. The zero-order valence-corrected chi connectivity index (χ0v) is 19.0. The van der Waals surface area contributed by atoms with E-state index in [-0.39, 0.29) is 29.9 Å². The first-order valence-electron chi connectivity index (χ1n) is 10.2. The third-order valence-corrected chi connectivity index (χ3v) is 5.38. The van der Waals surface area contributed by atoms with Crippen LogP contribution in [0.15, 0.2) is 4.99 Å². The van der Waals surface area contributed by atoms with Crippen LogP contribution in [0.25, 0.3) is 0 Å². The fourth-order valence-electron chi connectivity index (χ4n) is 3.80. The maximum atomic E-state index is 11.5. The van der Waals surface area contributed by atoms with Gasteiger partial charge in [0.1, 0.15) is 0 Å². The van der Waals surface area contributed by atoms with Crippen LogP contribution in [0.2, 0.25) is 0 Å². The molecule has 152 valence electrons. The van der Waals surface area contributed by atoms with Gasteiger partial charge in [-0.15, -0.1) is 24.0 Å². The quantitative estimate of drug-likeness (QED) is 0.349. The lowest BCUT2D eigenvalue weighted by Crippen LogP contribution is -2.46. The summed E-state index contributed by atoms with van der Waals surface area (Å²) in [5, 5.41) is 6.18. The maximum absolute atomic E-state index is 11.5. The molecule has 2 saturated heterocycles. The number of hydrogen-bond donors (Lipinski definition) is 2. The number of amides is 1. The summed E-state index contributed by atoms with van der Waals surface area (Å²) in [6, 6.07) is 0. The molecule has 7 heteroatoms. The van der Waals surface area contributed by atoms with Gasteiger partial charge in [-0.05, 0) is 51.6 Å². The van der Waals surface area contributed by atoms with Crippen molar-refractivity contribution in [3.63, 3.8) is 0 Å².